The van der Waals surface area contributed by atoms with Crippen molar-refractivity contribution in [2.75, 3.05) is 0 Å². The van der Waals surface area contributed by atoms with E-state index in [0.29, 0.717) is 16.9 Å². The van der Waals surface area contributed by atoms with Crippen LogP contribution in [0.2, 0.25) is 0 Å². The number of hydrogen-bond donors (Lipinski definition) is 0. The third kappa shape index (κ3) is 2.90. The Morgan fingerprint density at radius 2 is 2.10 bits per heavy atom. The van der Waals surface area contributed by atoms with E-state index in [4.69, 9.17) is 9.15 Å². The number of carbonyl (C=O) groups excluding carboxylic acids is 1. The molecule has 106 valence electrons. The van der Waals surface area contributed by atoms with Crippen molar-refractivity contribution in [1.82, 2.24) is 0 Å². The first-order valence-corrected chi connectivity index (χ1v) is 6.77. The van der Waals surface area contributed by atoms with E-state index < -0.39 is 5.97 Å². The third-order valence-electron chi connectivity index (χ3n) is 3.25. The third-order valence-corrected chi connectivity index (χ3v) is 3.25. The normalized spacial score (nSPS) is 10.8. The molecule has 4 heteroatoms. The van der Waals surface area contributed by atoms with Crippen molar-refractivity contribution < 1.29 is 13.9 Å². The van der Waals surface area contributed by atoms with Gasteiger partial charge in [0, 0.05) is 23.9 Å². The first-order chi connectivity index (χ1) is 9.52. The second-order valence-corrected chi connectivity index (χ2v) is 4.85. The summed E-state index contributed by atoms with van der Waals surface area (Å²) in [6.45, 7) is 5.24. The van der Waals surface area contributed by atoms with Gasteiger partial charge in [-0.3, -0.25) is 4.79 Å². The number of carbonyl (C=O) groups is 1. The Morgan fingerprint density at radius 1 is 1.35 bits per heavy atom. The Hall–Kier alpha value is -2.10. The summed E-state index contributed by atoms with van der Waals surface area (Å²) < 4.78 is 10.4. The fourth-order valence-electron chi connectivity index (χ4n) is 2.25. The van der Waals surface area contributed by atoms with Crippen LogP contribution in [-0.2, 0) is 11.2 Å². The number of rotatable bonds is 4. The molecule has 1 aromatic carbocycles. The largest absolute Gasteiger partial charge is 0.426 e. The first-order valence-electron chi connectivity index (χ1n) is 6.77. The SMILES string of the molecule is CCCCc1cc(=O)oc2c(C)c(OC(C)=O)ccc12. The van der Waals surface area contributed by atoms with Crippen LogP contribution in [-0.4, -0.2) is 5.97 Å². The van der Waals surface area contributed by atoms with Crippen LogP contribution < -0.4 is 10.4 Å². The number of ether oxygens (including phenoxy) is 1. The zero-order chi connectivity index (χ0) is 14.7. The Morgan fingerprint density at radius 3 is 2.75 bits per heavy atom. The van der Waals surface area contributed by atoms with Crippen molar-refractivity contribution in [3.8, 4) is 5.75 Å². The molecule has 0 bridgehead atoms. The van der Waals surface area contributed by atoms with Gasteiger partial charge in [0.25, 0.3) is 0 Å². The van der Waals surface area contributed by atoms with E-state index in [1.54, 1.807) is 19.1 Å². The minimum Gasteiger partial charge on any atom is -0.426 e. The van der Waals surface area contributed by atoms with E-state index in [2.05, 4.69) is 6.92 Å². The lowest BCUT2D eigenvalue weighted by Gasteiger charge is -2.10. The second kappa shape index (κ2) is 5.90. The quantitative estimate of drug-likeness (QED) is 0.487. The van der Waals surface area contributed by atoms with Crippen LogP contribution in [0.5, 0.6) is 5.75 Å². The fourth-order valence-corrected chi connectivity index (χ4v) is 2.25. The van der Waals surface area contributed by atoms with Crippen LogP contribution in [0.15, 0.2) is 27.4 Å². The maximum atomic E-state index is 11.7. The topological polar surface area (TPSA) is 56.5 Å². The summed E-state index contributed by atoms with van der Waals surface area (Å²) in [5.74, 6) is 0.0396. The van der Waals surface area contributed by atoms with Crippen molar-refractivity contribution in [2.45, 2.75) is 40.0 Å². The standard InChI is InChI=1S/C16H18O4/c1-4-5-6-12-9-15(18)20-16-10(2)14(19-11(3)17)8-7-13(12)16/h7-9H,4-6H2,1-3H3. The van der Waals surface area contributed by atoms with Gasteiger partial charge < -0.3 is 9.15 Å². The van der Waals surface area contributed by atoms with Crippen molar-refractivity contribution in [3.05, 3.63) is 39.7 Å². The molecule has 0 atom stereocenters. The van der Waals surface area contributed by atoms with Crippen LogP contribution in [0.3, 0.4) is 0 Å². The molecule has 2 aromatic rings. The molecule has 1 aromatic heterocycles. The minimum atomic E-state index is -0.392. The van der Waals surface area contributed by atoms with Crippen molar-refractivity contribution in [2.24, 2.45) is 0 Å². The van der Waals surface area contributed by atoms with Gasteiger partial charge in [0.2, 0.25) is 0 Å². The molecule has 0 saturated carbocycles. The van der Waals surface area contributed by atoms with Gasteiger partial charge in [-0.25, -0.2) is 4.79 Å². The second-order valence-electron chi connectivity index (χ2n) is 4.85. The molecule has 4 nitrogen and oxygen atoms in total. The van der Waals surface area contributed by atoms with Gasteiger partial charge in [-0.2, -0.15) is 0 Å². The van der Waals surface area contributed by atoms with E-state index in [1.165, 1.54) is 6.92 Å². The smallest absolute Gasteiger partial charge is 0.336 e. The number of hydrogen-bond acceptors (Lipinski definition) is 4. The lowest BCUT2D eigenvalue weighted by Crippen LogP contribution is -2.05. The van der Waals surface area contributed by atoms with Crippen LogP contribution >= 0.6 is 0 Å². The number of fused-ring (bicyclic) bond motifs is 1. The Balaban J connectivity index is 2.60. The van der Waals surface area contributed by atoms with E-state index in [9.17, 15) is 9.59 Å². The van der Waals surface area contributed by atoms with Crippen molar-refractivity contribution in [1.29, 1.82) is 0 Å². The van der Waals surface area contributed by atoms with E-state index in [1.807, 2.05) is 6.07 Å². The summed E-state index contributed by atoms with van der Waals surface area (Å²) in [6, 6.07) is 5.13. The maximum Gasteiger partial charge on any atom is 0.336 e. The molecular formula is C16H18O4. The Bertz CT molecular complexity index is 697. The van der Waals surface area contributed by atoms with E-state index in [-0.39, 0.29) is 5.63 Å². The van der Waals surface area contributed by atoms with Crippen LogP contribution in [0.1, 0.15) is 37.8 Å². The molecule has 0 spiro atoms. The molecule has 0 radical (unpaired) electrons. The zero-order valence-electron chi connectivity index (χ0n) is 12.0. The molecule has 0 aliphatic rings. The van der Waals surface area contributed by atoms with Crippen LogP contribution in [0, 0.1) is 6.92 Å². The van der Waals surface area contributed by atoms with Gasteiger partial charge >= 0.3 is 11.6 Å². The summed E-state index contributed by atoms with van der Waals surface area (Å²) >= 11 is 0. The van der Waals surface area contributed by atoms with Gasteiger partial charge in [-0.05, 0) is 37.5 Å². The number of aryl methyl sites for hydroxylation is 2. The predicted molar refractivity (Wildman–Crippen MR) is 77.1 cm³/mol. The predicted octanol–water partition coefficient (Wildman–Crippen LogP) is 3.37. The van der Waals surface area contributed by atoms with E-state index in [0.717, 1.165) is 30.2 Å². The first kappa shape index (κ1) is 14.3. The number of unbranched alkanes of at least 4 members (excludes halogenated alkanes) is 1. The number of benzene rings is 1. The summed E-state index contributed by atoms with van der Waals surface area (Å²) in [4.78, 5) is 22.7. The molecule has 2 rings (SSSR count). The molecule has 0 amide bonds. The molecule has 0 unspecified atom stereocenters. The molecule has 0 fully saturated rings. The lowest BCUT2D eigenvalue weighted by molar-refractivity contribution is -0.131. The molecule has 0 N–H and O–H groups in total. The fraction of sp³-hybridized carbons (Fsp3) is 0.375. The summed E-state index contributed by atoms with van der Waals surface area (Å²) in [5.41, 5.74) is 1.79. The Labute approximate surface area is 117 Å². The average Bonchev–Trinajstić information content (AvgIpc) is 2.39. The highest BCUT2D eigenvalue weighted by Crippen LogP contribution is 2.29. The lowest BCUT2D eigenvalue weighted by atomic mass is 10.0. The minimum absolute atomic E-state index is 0.369. The molecule has 0 aliphatic heterocycles. The van der Waals surface area contributed by atoms with Gasteiger partial charge in [0.1, 0.15) is 11.3 Å². The van der Waals surface area contributed by atoms with Gasteiger partial charge in [0.05, 0.1) is 0 Å². The molecular weight excluding hydrogens is 256 g/mol. The average molecular weight is 274 g/mol. The van der Waals surface area contributed by atoms with Gasteiger partial charge in [-0.1, -0.05) is 13.3 Å². The van der Waals surface area contributed by atoms with Crippen LogP contribution in [0.4, 0.5) is 0 Å². The molecule has 0 aliphatic carbocycles. The molecule has 20 heavy (non-hydrogen) atoms. The van der Waals surface area contributed by atoms with Gasteiger partial charge in [0.15, 0.2) is 0 Å². The summed E-state index contributed by atoms with van der Waals surface area (Å²) in [5, 5.41) is 0.909. The van der Waals surface area contributed by atoms with Crippen molar-refractivity contribution >= 4 is 16.9 Å². The highest BCUT2D eigenvalue weighted by Gasteiger charge is 2.12. The van der Waals surface area contributed by atoms with Gasteiger partial charge in [-0.15, -0.1) is 0 Å². The van der Waals surface area contributed by atoms with Crippen molar-refractivity contribution in [3.63, 3.8) is 0 Å². The summed E-state index contributed by atoms with van der Waals surface area (Å²) in [7, 11) is 0. The maximum absolute atomic E-state index is 11.7. The highest BCUT2D eigenvalue weighted by molar-refractivity contribution is 5.86. The number of esters is 1. The Kier molecular flexibility index (Phi) is 4.23. The zero-order valence-corrected chi connectivity index (χ0v) is 12.0. The monoisotopic (exact) mass is 274 g/mol. The highest BCUT2D eigenvalue weighted by atomic mass is 16.5. The molecule has 0 saturated heterocycles. The van der Waals surface area contributed by atoms with E-state index >= 15 is 0 Å². The van der Waals surface area contributed by atoms with Crippen LogP contribution in [0.25, 0.3) is 11.0 Å². The molecule has 1 heterocycles. The summed E-state index contributed by atoms with van der Waals surface area (Å²) in [6.07, 6.45) is 2.92.